The summed E-state index contributed by atoms with van der Waals surface area (Å²) in [7, 11) is 1.34. The first-order valence-electron chi connectivity index (χ1n) is 4.35. The summed E-state index contributed by atoms with van der Waals surface area (Å²) >= 11 is 0. The normalized spacial score (nSPS) is 9.93. The van der Waals surface area contributed by atoms with Crippen LogP contribution in [-0.2, 0) is 4.74 Å². The minimum atomic E-state index is -0.384. The topological polar surface area (TPSA) is 67.9 Å². The molecule has 0 aliphatic rings. The summed E-state index contributed by atoms with van der Waals surface area (Å²) in [6.45, 7) is 0. The summed E-state index contributed by atoms with van der Waals surface area (Å²) in [6.07, 6.45) is 4.87. The molecule has 1 N–H and O–H groups in total. The van der Waals surface area contributed by atoms with Gasteiger partial charge >= 0.3 is 5.97 Å². The van der Waals surface area contributed by atoms with Crippen LogP contribution in [0.4, 0.5) is 0 Å². The molecular weight excluding hydrogens is 194 g/mol. The van der Waals surface area contributed by atoms with Gasteiger partial charge in [0, 0.05) is 18.6 Å². The summed E-state index contributed by atoms with van der Waals surface area (Å²) in [5, 5.41) is 0. The number of hydrogen-bond donors (Lipinski definition) is 1. The van der Waals surface area contributed by atoms with E-state index in [1.54, 1.807) is 30.7 Å². The van der Waals surface area contributed by atoms with E-state index in [4.69, 9.17) is 0 Å². The Kier molecular flexibility index (Phi) is 2.45. The maximum atomic E-state index is 11.3. The number of imidazole rings is 1. The van der Waals surface area contributed by atoms with Crippen molar-refractivity contribution in [1.29, 1.82) is 0 Å². The van der Waals surface area contributed by atoms with Gasteiger partial charge < -0.3 is 9.72 Å². The Morgan fingerprint density at radius 2 is 2.27 bits per heavy atom. The Hall–Kier alpha value is -2.17. The number of ether oxygens (including phenoxy) is 1. The summed E-state index contributed by atoms with van der Waals surface area (Å²) in [5.41, 5.74) is 1.07. The van der Waals surface area contributed by atoms with E-state index in [-0.39, 0.29) is 5.97 Å². The minimum Gasteiger partial charge on any atom is -0.465 e. The van der Waals surface area contributed by atoms with Crippen LogP contribution in [-0.4, -0.2) is 28.0 Å². The first-order chi connectivity index (χ1) is 7.31. The lowest BCUT2D eigenvalue weighted by molar-refractivity contribution is 0.0600. The second kappa shape index (κ2) is 3.91. The maximum absolute atomic E-state index is 11.3. The molecule has 0 saturated carbocycles. The van der Waals surface area contributed by atoms with E-state index in [1.165, 1.54) is 7.11 Å². The summed E-state index contributed by atoms with van der Waals surface area (Å²) < 4.78 is 4.61. The highest BCUT2D eigenvalue weighted by Crippen LogP contribution is 2.13. The zero-order valence-corrected chi connectivity index (χ0v) is 8.10. The van der Waals surface area contributed by atoms with Gasteiger partial charge in [-0.15, -0.1) is 0 Å². The van der Waals surface area contributed by atoms with Crippen LogP contribution in [0.25, 0.3) is 11.5 Å². The van der Waals surface area contributed by atoms with Crippen LogP contribution in [0.15, 0.2) is 30.7 Å². The molecular formula is C10H9N3O2. The molecule has 0 fully saturated rings. The molecule has 0 radical (unpaired) electrons. The number of carbonyl (C=O) groups excluding carboxylic acids is 1. The van der Waals surface area contributed by atoms with Crippen LogP contribution in [0.1, 0.15) is 10.4 Å². The SMILES string of the molecule is COC(=O)c1ccnc(-c2ncc[nH]2)c1. The number of carbonyl (C=O) groups is 1. The van der Waals surface area contributed by atoms with Gasteiger partial charge in [-0.3, -0.25) is 4.98 Å². The molecule has 2 aromatic rings. The third-order valence-electron chi connectivity index (χ3n) is 1.92. The van der Waals surface area contributed by atoms with Crippen LogP contribution in [0, 0.1) is 0 Å². The van der Waals surface area contributed by atoms with Crippen LogP contribution in [0.3, 0.4) is 0 Å². The van der Waals surface area contributed by atoms with Gasteiger partial charge in [0.1, 0.15) is 5.69 Å². The first-order valence-corrected chi connectivity index (χ1v) is 4.35. The van der Waals surface area contributed by atoms with Crippen molar-refractivity contribution in [2.24, 2.45) is 0 Å². The minimum absolute atomic E-state index is 0.384. The number of aromatic nitrogens is 3. The van der Waals surface area contributed by atoms with Crippen molar-refractivity contribution in [1.82, 2.24) is 15.0 Å². The molecule has 0 amide bonds. The fourth-order valence-corrected chi connectivity index (χ4v) is 1.21. The molecule has 76 valence electrons. The lowest BCUT2D eigenvalue weighted by Gasteiger charge is -2.00. The van der Waals surface area contributed by atoms with Crippen molar-refractivity contribution in [3.63, 3.8) is 0 Å². The monoisotopic (exact) mass is 203 g/mol. The van der Waals surface area contributed by atoms with Gasteiger partial charge in [-0.25, -0.2) is 9.78 Å². The van der Waals surface area contributed by atoms with Crippen molar-refractivity contribution >= 4 is 5.97 Å². The molecule has 2 heterocycles. The quantitative estimate of drug-likeness (QED) is 0.746. The van der Waals surface area contributed by atoms with E-state index in [9.17, 15) is 4.79 Å². The molecule has 0 unspecified atom stereocenters. The third kappa shape index (κ3) is 1.85. The Morgan fingerprint density at radius 1 is 1.40 bits per heavy atom. The number of aromatic amines is 1. The number of hydrogen-bond acceptors (Lipinski definition) is 4. The van der Waals surface area contributed by atoms with E-state index in [2.05, 4.69) is 19.7 Å². The molecule has 5 nitrogen and oxygen atoms in total. The molecule has 5 heteroatoms. The molecule has 0 bridgehead atoms. The predicted octanol–water partition coefficient (Wildman–Crippen LogP) is 1.26. The van der Waals surface area contributed by atoms with Gasteiger partial charge in [0.25, 0.3) is 0 Å². The van der Waals surface area contributed by atoms with Crippen LogP contribution < -0.4 is 0 Å². The van der Waals surface area contributed by atoms with E-state index in [1.807, 2.05) is 0 Å². The number of nitrogens with one attached hydrogen (secondary N) is 1. The van der Waals surface area contributed by atoms with Crippen LogP contribution in [0.5, 0.6) is 0 Å². The van der Waals surface area contributed by atoms with Crippen molar-refractivity contribution < 1.29 is 9.53 Å². The van der Waals surface area contributed by atoms with E-state index >= 15 is 0 Å². The first kappa shape index (κ1) is 9.39. The number of nitrogens with zero attached hydrogens (tertiary/aromatic N) is 2. The lowest BCUT2D eigenvalue weighted by atomic mass is 10.2. The summed E-state index contributed by atoms with van der Waals surface area (Å²) in [4.78, 5) is 22.3. The van der Waals surface area contributed by atoms with Crippen molar-refractivity contribution in [3.05, 3.63) is 36.3 Å². The van der Waals surface area contributed by atoms with Crippen LogP contribution in [0.2, 0.25) is 0 Å². The summed E-state index contributed by atoms with van der Waals surface area (Å²) in [5.74, 6) is 0.242. The fourth-order valence-electron chi connectivity index (χ4n) is 1.21. The van der Waals surface area contributed by atoms with E-state index in [0.717, 1.165) is 0 Å². The number of methoxy groups -OCH3 is 1. The van der Waals surface area contributed by atoms with E-state index < -0.39 is 0 Å². The molecule has 2 rings (SSSR count). The van der Waals surface area contributed by atoms with Crippen LogP contribution >= 0.6 is 0 Å². The molecule has 15 heavy (non-hydrogen) atoms. The van der Waals surface area contributed by atoms with Gasteiger partial charge in [-0.05, 0) is 12.1 Å². The van der Waals surface area contributed by atoms with Gasteiger partial charge in [-0.1, -0.05) is 0 Å². The van der Waals surface area contributed by atoms with Crippen molar-refractivity contribution in [2.75, 3.05) is 7.11 Å². The fraction of sp³-hybridized carbons (Fsp3) is 0.100. The number of pyridine rings is 1. The highest BCUT2D eigenvalue weighted by Gasteiger charge is 2.08. The van der Waals surface area contributed by atoms with Gasteiger partial charge in [0.05, 0.1) is 12.7 Å². The third-order valence-corrected chi connectivity index (χ3v) is 1.92. The molecule has 0 saturated heterocycles. The smallest absolute Gasteiger partial charge is 0.337 e. The van der Waals surface area contributed by atoms with Gasteiger partial charge in [-0.2, -0.15) is 0 Å². The zero-order valence-electron chi connectivity index (χ0n) is 8.10. The second-order valence-electron chi connectivity index (χ2n) is 2.86. The second-order valence-corrected chi connectivity index (χ2v) is 2.86. The molecule has 0 aliphatic heterocycles. The maximum Gasteiger partial charge on any atom is 0.337 e. The Morgan fingerprint density at radius 3 is 2.93 bits per heavy atom. The molecule has 0 atom stereocenters. The molecule has 0 aliphatic carbocycles. The van der Waals surface area contributed by atoms with Gasteiger partial charge in [0.15, 0.2) is 5.82 Å². The lowest BCUT2D eigenvalue weighted by Crippen LogP contribution is -2.01. The Labute approximate surface area is 86.1 Å². The standard InChI is InChI=1S/C10H9N3O2/c1-15-10(14)7-2-3-11-8(6-7)9-12-4-5-13-9/h2-6H,1H3,(H,12,13). The average Bonchev–Trinajstić information content (AvgIpc) is 2.82. The Balaban J connectivity index is 2.39. The molecule has 0 spiro atoms. The summed E-state index contributed by atoms with van der Waals surface area (Å²) in [6, 6.07) is 3.23. The molecule has 0 aromatic carbocycles. The average molecular weight is 203 g/mol. The Bertz CT molecular complexity index is 465. The highest BCUT2D eigenvalue weighted by atomic mass is 16.5. The van der Waals surface area contributed by atoms with Crippen molar-refractivity contribution in [2.45, 2.75) is 0 Å². The number of rotatable bonds is 2. The highest BCUT2D eigenvalue weighted by molar-refractivity contribution is 5.90. The van der Waals surface area contributed by atoms with Gasteiger partial charge in [0.2, 0.25) is 0 Å². The number of esters is 1. The van der Waals surface area contributed by atoms with Crippen molar-refractivity contribution in [3.8, 4) is 11.5 Å². The molecule has 2 aromatic heterocycles. The largest absolute Gasteiger partial charge is 0.465 e. The van der Waals surface area contributed by atoms with E-state index in [0.29, 0.717) is 17.1 Å². The zero-order chi connectivity index (χ0) is 10.7. The number of H-pyrrole nitrogens is 1. The predicted molar refractivity (Wildman–Crippen MR) is 53.2 cm³/mol.